The summed E-state index contributed by atoms with van der Waals surface area (Å²) < 4.78 is 5.87. The van der Waals surface area contributed by atoms with Gasteiger partial charge in [0.05, 0.1) is 0 Å². The summed E-state index contributed by atoms with van der Waals surface area (Å²) in [5, 5.41) is 0. The largest absolute Gasteiger partial charge is 0.458 e. The van der Waals surface area contributed by atoms with Crippen molar-refractivity contribution in [2.75, 3.05) is 12.0 Å². The van der Waals surface area contributed by atoms with Gasteiger partial charge in [-0.25, -0.2) is 0 Å². The van der Waals surface area contributed by atoms with Crippen LogP contribution in [0.5, 0.6) is 0 Å². The molecule has 3 nitrogen and oxygen atoms in total. The van der Waals surface area contributed by atoms with Gasteiger partial charge in [0.15, 0.2) is 0 Å². The van der Waals surface area contributed by atoms with Crippen LogP contribution in [0.2, 0.25) is 0 Å². The van der Waals surface area contributed by atoms with E-state index in [1.807, 2.05) is 6.26 Å². The summed E-state index contributed by atoms with van der Waals surface area (Å²) >= 11 is 1.72. The van der Waals surface area contributed by atoms with Crippen LogP contribution in [-0.2, 0) is 9.53 Å². The Bertz CT molecular complexity index is 310. The molecular formula is C14H25NO2S. The van der Waals surface area contributed by atoms with Crippen LogP contribution in [0.1, 0.15) is 45.4 Å². The van der Waals surface area contributed by atoms with Gasteiger partial charge in [-0.3, -0.25) is 4.79 Å². The van der Waals surface area contributed by atoms with Gasteiger partial charge in [-0.05, 0) is 62.4 Å². The molecule has 2 aliphatic carbocycles. The van der Waals surface area contributed by atoms with E-state index in [9.17, 15) is 4.79 Å². The van der Waals surface area contributed by atoms with E-state index in [0.29, 0.717) is 12.3 Å². The Kier molecular flexibility index (Phi) is 4.59. The first-order valence-electron chi connectivity index (χ1n) is 7.08. The fraction of sp³-hybridized carbons (Fsp3) is 0.929. The SMILES string of the molecule is CCC1(OC(=O)C(N)CCSC)CC2CCC1C2. The molecule has 4 unspecified atom stereocenters. The lowest BCUT2D eigenvalue weighted by Crippen LogP contribution is -2.45. The van der Waals surface area contributed by atoms with Crippen molar-refractivity contribution in [2.45, 2.75) is 57.1 Å². The van der Waals surface area contributed by atoms with Crippen molar-refractivity contribution in [1.82, 2.24) is 0 Å². The van der Waals surface area contributed by atoms with E-state index < -0.39 is 6.04 Å². The maximum atomic E-state index is 12.1. The Morgan fingerprint density at radius 2 is 2.33 bits per heavy atom. The third-order valence-electron chi connectivity index (χ3n) is 4.76. The molecule has 18 heavy (non-hydrogen) atoms. The number of rotatable bonds is 6. The van der Waals surface area contributed by atoms with E-state index in [1.165, 1.54) is 19.3 Å². The van der Waals surface area contributed by atoms with Crippen molar-refractivity contribution >= 4 is 17.7 Å². The predicted octanol–water partition coefficient (Wildman–Crippen LogP) is 2.58. The van der Waals surface area contributed by atoms with E-state index in [4.69, 9.17) is 10.5 Å². The van der Waals surface area contributed by atoms with E-state index in [0.717, 1.165) is 24.5 Å². The molecule has 2 saturated carbocycles. The molecule has 2 N–H and O–H groups in total. The summed E-state index contributed by atoms with van der Waals surface area (Å²) in [7, 11) is 0. The fourth-order valence-electron chi connectivity index (χ4n) is 3.66. The molecule has 0 aromatic heterocycles. The van der Waals surface area contributed by atoms with Crippen LogP contribution in [0.3, 0.4) is 0 Å². The number of esters is 1. The zero-order valence-corrected chi connectivity index (χ0v) is 12.3. The third-order valence-corrected chi connectivity index (χ3v) is 5.40. The number of carbonyl (C=O) groups is 1. The number of nitrogens with two attached hydrogens (primary N) is 1. The summed E-state index contributed by atoms with van der Waals surface area (Å²) in [5.41, 5.74) is 5.72. The zero-order chi connectivity index (χ0) is 13.2. The summed E-state index contributed by atoms with van der Waals surface area (Å²) in [6.07, 6.45) is 8.55. The highest BCUT2D eigenvalue weighted by atomic mass is 32.2. The molecule has 4 atom stereocenters. The molecule has 2 rings (SSSR count). The summed E-state index contributed by atoms with van der Waals surface area (Å²) in [6, 6.07) is -0.444. The Labute approximate surface area is 114 Å². The summed E-state index contributed by atoms with van der Waals surface area (Å²) in [4.78, 5) is 12.1. The van der Waals surface area contributed by atoms with Crippen LogP contribution in [-0.4, -0.2) is 29.6 Å². The minimum Gasteiger partial charge on any atom is -0.458 e. The topological polar surface area (TPSA) is 52.3 Å². The van der Waals surface area contributed by atoms with Gasteiger partial charge in [-0.1, -0.05) is 6.92 Å². The quantitative estimate of drug-likeness (QED) is 0.754. The van der Waals surface area contributed by atoms with E-state index in [2.05, 4.69) is 6.92 Å². The van der Waals surface area contributed by atoms with E-state index in [1.54, 1.807) is 11.8 Å². The Hall–Kier alpha value is -0.220. The molecule has 2 bridgehead atoms. The van der Waals surface area contributed by atoms with Crippen LogP contribution >= 0.6 is 11.8 Å². The molecule has 2 fully saturated rings. The minimum absolute atomic E-state index is 0.182. The highest BCUT2D eigenvalue weighted by Gasteiger charge is 2.52. The molecule has 0 aromatic carbocycles. The monoisotopic (exact) mass is 271 g/mol. The van der Waals surface area contributed by atoms with Crippen LogP contribution in [0.4, 0.5) is 0 Å². The number of hydrogen-bond acceptors (Lipinski definition) is 4. The van der Waals surface area contributed by atoms with Crippen LogP contribution in [0.15, 0.2) is 0 Å². The Morgan fingerprint density at radius 1 is 1.56 bits per heavy atom. The van der Waals surface area contributed by atoms with Gasteiger partial charge >= 0.3 is 5.97 Å². The first kappa shape index (κ1) is 14.2. The lowest BCUT2D eigenvalue weighted by molar-refractivity contribution is -0.168. The van der Waals surface area contributed by atoms with Gasteiger partial charge in [0.2, 0.25) is 0 Å². The number of fused-ring (bicyclic) bond motifs is 2. The number of thioether (sulfide) groups is 1. The van der Waals surface area contributed by atoms with E-state index in [-0.39, 0.29) is 11.6 Å². The van der Waals surface area contributed by atoms with Crippen LogP contribution in [0, 0.1) is 11.8 Å². The van der Waals surface area contributed by atoms with Gasteiger partial charge in [0.25, 0.3) is 0 Å². The van der Waals surface area contributed by atoms with Crippen LogP contribution in [0.25, 0.3) is 0 Å². The molecule has 0 spiro atoms. The highest BCUT2D eigenvalue weighted by Crippen LogP contribution is 2.54. The lowest BCUT2D eigenvalue weighted by atomic mass is 9.82. The van der Waals surface area contributed by atoms with Crippen molar-refractivity contribution in [1.29, 1.82) is 0 Å². The second-order valence-electron chi connectivity index (χ2n) is 5.81. The normalized spacial score (nSPS) is 35.7. The van der Waals surface area contributed by atoms with Gasteiger partial charge in [-0.2, -0.15) is 11.8 Å². The first-order chi connectivity index (χ1) is 8.61. The summed E-state index contributed by atoms with van der Waals surface area (Å²) in [6.45, 7) is 2.14. The second kappa shape index (κ2) is 5.83. The molecule has 104 valence electrons. The standard InChI is InChI=1S/C14H25NO2S/c1-3-14(9-10-4-5-11(14)8-10)17-13(16)12(15)6-7-18-2/h10-12H,3-9,15H2,1-2H3. The lowest BCUT2D eigenvalue weighted by Gasteiger charge is -2.37. The maximum Gasteiger partial charge on any atom is 0.323 e. The molecule has 0 aromatic rings. The Morgan fingerprint density at radius 3 is 2.83 bits per heavy atom. The molecule has 0 amide bonds. The van der Waals surface area contributed by atoms with Gasteiger partial charge in [-0.15, -0.1) is 0 Å². The van der Waals surface area contributed by atoms with Crippen LogP contribution < -0.4 is 5.73 Å². The molecule has 2 aliphatic rings. The number of hydrogen-bond donors (Lipinski definition) is 1. The zero-order valence-electron chi connectivity index (χ0n) is 11.5. The smallest absolute Gasteiger partial charge is 0.323 e. The highest BCUT2D eigenvalue weighted by molar-refractivity contribution is 7.98. The maximum absolute atomic E-state index is 12.1. The van der Waals surface area contributed by atoms with Gasteiger partial charge in [0.1, 0.15) is 11.6 Å². The van der Waals surface area contributed by atoms with E-state index >= 15 is 0 Å². The molecule has 4 heteroatoms. The number of carbonyl (C=O) groups excluding carboxylic acids is 1. The van der Waals surface area contributed by atoms with Crippen molar-refractivity contribution in [3.8, 4) is 0 Å². The summed E-state index contributed by atoms with van der Waals surface area (Å²) in [5.74, 6) is 2.11. The Balaban J connectivity index is 1.92. The van der Waals surface area contributed by atoms with Crippen molar-refractivity contribution in [3.05, 3.63) is 0 Å². The second-order valence-corrected chi connectivity index (χ2v) is 6.79. The van der Waals surface area contributed by atoms with Crippen molar-refractivity contribution in [2.24, 2.45) is 17.6 Å². The van der Waals surface area contributed by atoms with Crippen molar-refractivity contribution in [3.63, 3.8) is 0 Å². The number of ether oxygens (including phenoxy) is 1. The fourth-order valence-corrected chi connectivity index (χ4v) is 4.15. The molecule has 0 aliphatic heterocycles. The molecule has 0 saturated heterocycles. The molecular weight excluding hydrogens is 246 g/mol. The first-order valence-corrected chi connectivity index (χ1v) is 8.48. The minimum atomic E-state index is -0.444. The average molecular weight is 271 g/mol. The third kappa shape index (κ3) is 2.69. The molecule has 0 radical (unpaired) electrons. The van der Waals surface area contributed by atoms with Gasteiger partial charge in [0, 0.05) is 0 Å². The van der Waals surface area contributed by atoms with Gasteiger partial charge < -0.3 is 10.5 Å². The predicted molar refractivity (Wildman–Crippen MR) is 75.5 cm³/mol. The average Bonchev–Trinajstić information content (AvgIpc) is 2.96. The molecule has 0 heterocycles. The van der Waals surface area contributed by atoms with Crippen molar-refractivity contribution < 1.29 is 9.53 Å².